The van der Waals surface area contributed by atoms with E-state index in [2.05, 4.69) is 5.32 Å². The van der Waals surface area contributed by atoms with Crippen LogP contribution in [0.15, 0.2) is 42.5 Å². The molecule has 0 fully saturated rings. The van der Waals surface area contributed by atoms with Crippen molar-refractivity contribution in [3.63, 3.8) is 0 Å². The Morgan fingerprint density at radius 2 is 1.93 bits per heavy atom. The number of carbonyl (C=O) groups is 2. The van der Waals surface area contributed by atoms with Crippen molar-refractivity contribution in [1.82, 2.24) is 4.90 Å². The molecule has 0 aromatic heterocycles. The number of hydrogen-bond donors (Lipinski definition) is 1. The molecule has 0 atom stereocenters. The smallest absolute Gasteiger partial charge is 0.257 e. The van der Waals surface area contributed by atoms with Crippen molar-refractivity contribution in [1.29, 1.82) is 0 Å². The lowest BCUT2D eigenvalue weighted by atomic mass is 10.1. The maximum Gasteiger partial charge on any atom is 0.257 e. The number of methoxy groups -OCH3 is 2. The Kier molecular flexibility index (Phi) is 5.84. The maximum absolute atomic E-state index is 12.4. The summed E-state index contributed by atoms with van der Waals surface area (Å²) in [5.74, 6) is 1.27. The number of nitrogens with one attached hydrogen (secondary N) is 1. The topological polar surface area (TPSA) is 77.1 Å². The molecule has 1 N–H and O–H groups in total. The largest absolute Gasteiger partial charge is 0.493 e. The monoisotopic (exact) mass is 382 g/mol. The number of fused-ring (bicyclic) bond motifs is 1. The van der Waals surface area contributed by atoms with Gasteiger partial charge in [-0.25, -0.2) is 0 Å². The van der Waals surface area contributed by atoms with Crippen LogP contribution in [0.1, 0.15) is 15.9 Å². The Labute approximate surface area is 163 Å². The fraction of sp³-hybridized carbons (Fsp3) is 0.238. The lowest BCUT2D eigenvalue weighted by Gasteiger charge is -2.13. The molecule has 7 heteroatoms. The standard InChI is InChI=1S/C21H22N2O5/c1-23-10-11-28-17-8-6-15(13-16(17)21(23)25)22-20(24)9-5-14-4-7-18(26-2)19(12-14)27-3/h4-9,12-13H,10-11H2,1-3H3,(H,22,24)/b9-5+. The fourth-order valence-electron chi connectivity index (χ4n) is 2.81. The molecule has 0 saturated carbocycles. The van der Waals surface area contributed by atoms with Crippen LogP contribution in [0, 0.1) is 0 Å². The van der Waals surface area contributed by atoms with Crippen molar-refractivity contribution < 1.29 is 23.8 Å². The minimum absolute atomic E-state index is 0.135. The first-order valence-corrected chi connectivity index (χ1v) is 8.75. The molecule has 0 bridgehead atoms. The van der Waals surface area contributed by atoms with Gasteiger partial charge in [0, 0.05) is 18.8 Å². The van der Waals surface area contributed by atoms with Crippen molar-refractivity contribution in [2.24, 2.45) is 0 Å². The number of benzene rings is 2. The minimum Gasteiger partial charge on any atom is -0.493 e. The Morgan fingerprint density at radius 1 is 1.14 bits per heavy atom. The van der Waals surface area contributed by atoms with E-state index in [-0.39, 0.29) is 11.8 Å². The van der Waals surface area contributed by atoms with Crippen molar-refractivity contribution in [2.75, 3.05) is 39.7 Å². The minimum atomic E-state index is -0.315. The number of likely N-dealkylation sites (N-methyl/N-ethyl adjacent to an activating group) is 1. The molecule has 1 aliphatic heterocycles. The maximum atomic E-state index is 12.4. The number of rotatable bonds is 5. The highest BCUT2D eigenvalue weighted by Gasteiger charge is 2.21. The number of amides is 2. The Bertz CT molecular complexity index is 923. The van der Waals surface area contributed by atoms with Crippen LogP contribution in [0.2, 0.25) is 0 Å². The first-order chi connectivity index (χ1) is 13.5. The molecule has 1 heterocycles. The molecular formula is C21H22N2O5. The van der Waals surface area contributed by atoms with Gasteiger partial charge in [-0.2, -0.15) is 0 Å². The highest BCUT2D eigenvalue weighted by atomic mass is 16.5. The van der Waals surface area contributed by atoms with Crippen LogP contribution in [-0.4, -0.2) is 51.1 Å². The second-order valence-electron chi connectivity index (χ2n) is 6.22. The summed E-state index contributed by atoms with van der Waals surface area (Å²) in [6.07, 6.45) is 3.08. The number of hydrogen-bond acceptors (Lipinski definition) is 5. The molecule has 0 saturated heterocycles. The van der Waals surface area contributed by atoms with Crippen LogP contribution < -0.4 is 19.5 Å². The zero-order valence-corrected chi connectivity index (χ0v) is 16.0. The highest BCUT2D eigenvalue weighted by Crippen LogP contribution is 2.28. The lowest BCUT2D eigenvalue weighted by Crippen LogP contribution is -2.27. The van der Waals surface area contributed by atoms with Gasteiger partial charge in [-0.3, -0.25) is 9.59 Å². The highest BCUT2D eigenvalue weighted by molar-refractivity contribution is 6.04. The van der Waals surface area contributed by atoms with Gasteiger partial charge in [0.05, 0.1) is 26.3 Å². The van der Waals surface area contributed by atoms with Crippen molar-refractivity contribution in [3.05, 3.63) is 53.6 Å². The van der Waals surface area contributed by atoms with Gasteiger partial charge in [-0.05, 0) is 42.0 Å². The SMILES string of the molecule is COc1ccc(/C=C/C(=O)Nc2ccc3c(c2)C(=O)N(C)CCO3)cc1OC. The predicted octanol–water partition coefficient (Wildman–Crippen LogP) is 2.82. The van der Waals surface area contributed by atoms with E-state index in [0.717, 1.165) is 5.56 Å². The first-order valence-electron chi connectivity index (χ1n) is 8.75. The average Bonchev–Trinajstić information content (AvgIpc) is 2.85. The van der Waals surface area contributed by atoms with Gasteiger partial charge in [0.25, 0.3) is 5.91 Å². The van der Waals surface area contributed by atoms with Crippen LogP contribution in [0.5, 0.6) is 17.2 Å². The Morgan fingerprint density at radius 3 is 2.68 bits per heavy atom. The van der Waals surface area contributed by atoms with E-state index in [1.807, 2.05) is 6.07 Å². The molecule has 1 aliphatic rings. The summed E-state index contributed by atoms with van der Waals surface area (Å²) in [5, 5.41) is 2.76. The molecule has 3 rings (SSSR count). The number of carbonyl (C=O) groups excluding carboxylic acids is 2. The molecule has 0 unspecified atom stereocenters. The van der Waals surface area contributed by atoms with Gasteiger partial charge in [-0.1, -0.05) is 6.07 Å². The number of anilines is 1. The Balaban J connectivity index is 1.72. The quantitative estimate of drug-likeness (QED) is 0.805. The number of ether oxygens (including phenoxy) is 3. The van der Waals surface area contributed by atoms with Gasteiger partial charge in [0.15, 0.2) is 11.5 Å². The molecule has 146 valence electrons. The summed E-state index contributed by atoms with van der Waals surface area (Å²) in [7, 11) is 4.84. The van der Waals surface area contributed by atoms with E-state index in [4.69, 9.17) is 14.2 Å². The summed E-state index contributed by atoms with van der Waals surface area (Å²) in [5.41, 5.74) is 1.74. The third-order valence-corrected chi connectivity index (χ3v) is 4.34. The van der Waals surface area contributed by atoms with Crippen molar-refractivity contribution in [2.45, 2.75) is 0 Å². The predicted molar refractivity (Wildman–Crippen MR) is 106 cm³/mol. The van der Waals surface area contributed by atoms with Gasteiger partial charge >= 0.3 is 0 Å². The fourth-order valence-corrected chi connectivity index (χ4v) is 2.81. The number of nitrogens with zero attached hydrogens (tertiary/aromatic N) is 1. The normalized spacial score (nSPS) is 13.5. The van der Waals surface area contributed by atoms with E-state index >= 15 is 0 Å². The van der Waals surface area contributed by atoms with Gasteiger partial charge < -0.3 is 24.4 Å². The van der Waals surface area contributed by atoms with Gasteiger partial charge in [0.1, 0.15) is 12.4 Å². The second kappa shape index (κ2) is 8.47. The Hall–Kier alpha value is -3.48. The summed E-state index contributed by atoms with van der Waals surface area (Å²) in [4.78, 5) is 26.3. The van der Waals surface area contributed by atoms with E-state index < -0.39 is 0 Å². The summed E-state index contributed by atoms with van der Waals surface area (Å²) in [6, 6.07) is 10.4. The average molecular weight is 382 g/mol. The van der Waals surface area contributed by atoms with Crippen LogP contribution in [-0.2, 0) is 4.79 Å². The van der Waals surface area contributed by atoms with Gasteiger partial charge in [0.2, 0.25) is 5.91 Å². The van der Waals surface area contributed by atoms with Crippen LogP contribution in [0.4, 0.5) is 5.69 Å². The molecule has 2 aromatic rings. The van der Waals surface area contributed by atoms with Crippen molar-refractivity contribution in [3.8, 4) is 17.2 Å². The third-order valence-electron chi connectivity index (χ3n) is 4.34. The summed E-state index contributed by atoms with van der Waals surface area (Å²) in [6.45, 7) is 0.957. The molecule has 0 spiro atoms. The molecule has 7 nitrogen and oxygen atoms in total. The second-order valence-corrected chi connectivity index (χ2v) is 6.22. The zero-order chi connectivity index (χ0) is 20.1. The van der Waals surface area contributed by atoms with Crippen molar-refractivity contribution >= 4 is 23.6 Å². The van der Waals surface area contributed by atoms with E-state index in [9.17, 15) is 9.59 Å². The van der Waals surface area contributed by atoms with Crippen LogP contribution in [0.25, 0.3) is 6.08 Å². The van der Waals surface area contributed by atoms with E-state index in [1.165, 1.54) is 6.08 Å². The van der Waals surface area contributed by atoms with Gasteiger partial charge in [-0.15, -0.1) is 0 Å². The lowest BCUT2D eigenvalue weighted by molar-refractivity contribution is -0.111. The molecule has 28 heavy (non-hydrogen) atoms. The zero-order valence-electron chi connectivity index (χ0n) is 16.0. The first kappa shape index (κ1) is 19.3. The molecule has 2 aromatic carbocycles. The molecule has 0 radical (unpaired) electrons. The molecule has 0 aliphatic carbocycles. The third kappa shape index (κ3) is 4.25. The van der Waals surface area contributed by atoms with Crippen LogP contribution >= 0.6 is 0 Å². The molecular weight excluding hydrogens is 360 g/mol. The summed E-state index contributed by atoms with van der Waals surface area (Å²) >= 11 is 0. The van der Waals surface area contributed by atoms with Crippen LogP contribution in [0.3, 0.4) is 0 Å². The van der Waals surface area contributed by atoms with E-state index in [0.29, 0.717) is 41.7 Å². The molecule has 2 amide bonds. The summed E-state index contributed by atoms with van der Waals surface area (Å²) < 4.78 is 16.0. The van der Waals surface area contributed by atoms with E-state index in [1.54, 1.807) is 62.6 Å².